The zero-order chi connectivity index (χ0) is 28.3. The number of ether oxygens (including phenoxy) is 3. The van der Waals surface area contributed by atoms with Crippen LogP contribution in [0.1, 0.15) is 41.5 Å². The van der Waals surface area contributed by atoms with Crippen molar-refractivity contribution >= 4 is 25.7 Å². The summed E-state index contributed by atoms with van der Waals surface area (Å²) in [6.45, 7) is 18.0. The quantitative estimate of drug-likeness (QED) is 0.289. The lowest BCUT2D eigenvalue weighted by atomic mass is 10.1. The van der Waals surface area contributed by atoms with Crippen molar-refractivity contribution in [2.75, 3.05) is 43.8 Å². The van der Waals surface area contributed by atoms with E-state index >= 15 is 0 Å². The Morgan fingerprint density at radius 1 is 0.763 bits per heavy atom. The third-order valence-corrected chi connectivity index (χ3v) is 11.4. The van der Waals surface area contributed by atoms with Crippen molar-refractivity contribution in [3.05, 3.63) is 59.9 Å². The van der Waals surface area contributed by atoms with E-state index in [0.29, 0.717) is 31.1 Å². The number of hydrogen-bond acceptors (Lipinski definition) is 7. The Kier molecular flexibility index (Phi) is 8.76. The molecule has 1 heterocycles. The molecule has 0 unspecified atom stereocenters. The van der Waals surface area contributed by atoms with Gasteiger partial charge in [0.25, 0.3) is 0 Å². The molecular formula is C30H44N2O5Si. The van der Waals surface area contributed by atoms with Gasteiger partial charge in [0.05, 0.1) is 39.6 Å². The summed E-state index contributed by atoms with van der Waals surface area (Å²) >= 11 is 0. The molecule has 0 aromatic heterocycles. The number of methoxy groups -OCH3 is 2. The van der Waals surface area contributed by atoms with Gasteiger partial charge >= 0.3 is 5.97 Å². The van der Waals surface area contributed by atoms with Gasteiger partial charge < -0.3 is 28.4 Å². The second-order valence-corrected chi connectivity index (χ2v) is 16.9. The molecular weight excluding hydrogens is 496 g/mol. The minimum atomic E-state index is -2.27. The number of esters is 1. The van der Waals surface area contributed by atoms with Crippen LogP contribution in [0.25, 0.3) is 0 Å². The summed E-state index contributed by atoms with van der Waals surface area (Å²) in [5.41, 5.74) is 1.90. The minimum Gasteiger partial charge on any atom is -0.545 e. The SMILES string of the molecule is COc1ccc(N2CC(O[Si](C)(C)C(C)(C)C)=C(C(=O)OC(C)(C)C)CN(c3ccc(OC)cc3)C2)cc1. The topological polar surface area (TPSA) is 60.5 Å². The summed E-state index contributed by atoms with van der Waals surface area (Å²) < 4.78 is 23.6. The number of hydrogen-bond donors (Lipinski definition) is 0. The van der Waals surface area contributed by atoms with Crippen molar-refractivity contribution in [2.45, 2.75) is 65.3 Å². The molecule has 3 rings (SSSR count). The molecule has 0 atom stereocenters. The molecule has 1 aliphatic heterocycles. The normalized spacial score (nSPS) is 15.2. The summed E-state index contributed by atoms with van der Waals surface area (Å²) in [6.07, 6.45) is 0. The lowest BCUT2D eigenvalue weighted by molar-refractivity contribution is -0.150. The van der Waals surface area contributed by atoms with Gasteiger partial charge in [-0.25, -0.2) is 4.79 Å². The molecule has 0 bridgehead atoms. The summed E-state index contributed by atoms with van der Waals surface area (Å²) in [5, 5.41) is -0.0358. The summed E-state index contributed by atoms with van der Waals surface area (Å²) in [6, 6.07) is 15.9. The predicted molar refractivity (Wildman–Crippen MR) is 157 cm³/mol. The Balaban J connectivity index is 2.15. The van der Waals surface area contributed by atoms with Crippen molar-refractivity contribution < 1.29 is 23.4 Å². The maximum Gasteiger partial charge on any atom is 0.339 e. The van der Waals surface area contributed by atoms with E-state index in [0.717, 1.165) is 22.9 Å². The first-order valence-electron chi connectivity index (χ1n) is 13.1. The van der Waals surface area contributed by atoms with E-state index in [-0.39, 0.29) is 11.0 Å². The molecule has 0 radical (unpaired) electrons. The van der Waals surface area contributed by atoms with Crippen LogP contribution in [0.3, 0.4) is 0 Å². The number of rotatable bonds is 7. The highest BCUT2D eigenvalue weighted by atomic mass is 28.4. The molecule has 0 saturated heterocycles. The molecule has 1 aliphatic rings. The molecule has 38 heavy (non-hydrogen) atoms. The fraction of sp³-hybridized carbons (Fsp3) is 0.500. The first-order valence-corrected chi connectivity index (χ1v) is 16.0. The number of nitrogens with zero attached hydrogens (tertiary/aromatic N) is 2. The largest absolute Gasteiger partial charge is 0.545 e. The van der Waals surface area contributed by atoms with Gasteiger partial charge in [-0.1, -0.05) is 20.8 Å². The third-order valence-electron chi connectivity index (χ3n) is 7.07. The maximum atomic E-state index is 13.7. The van der Waals surface area contributed by atoms with Gasteiger partial charge in [0.1, 0.15) is 22.9 Å². The maximum absolute atomic E-state index is 13.7. The fourth-order valence-electron chi connectivity index (χ4n) is 3.86. The van der Waals surface area contributed by atoms with Gasteiger partial charge in [0.15, 0.2) is 0 Å². The second-order valence-electron chi connectivity index (χ2n) is 12.2. The third kappa shape index (κ3) is 7.25. The van der Waals surface area contributed by atoms with Crippen LogP contribution in [0.15, 0.2) is 59.9 Å². The Bertz CT molecular complexity index is 1130. The van der Waals surface area contributed by atoms with Crippen LogP contribution in [-0.4, -0.2) is 53.9 Å². The van der Waals surface area contributed by atoms with E-state index < -0.39 is 13.9 Å². The Labute approximate surface area is 229 Å². The number of benzene rings is 2. The van der Waals surface area contributed by atoms with E-state index in [4.69, 9.17) is 18.6 Å². The van der Waals surface area contributed by atoms with Crippen molar-refractivity contribution in [1.82, 2.24) is 0 Å². The average Bonchev–Trinajstić information content (AvgIpc) is 3.02. The number of anilines is 2. The van der Waals surface area contributed by atoms with E-state index in [1.807, 2.05) is 69.3 Å². The average molecular weight is 541 g/mol. The first kappa shape index (κ1) is 29.4. The Morgan fingerprint density at radius 3 is 1.61 bits per heavy atom. The minimum absolute atomic E-state index is 0.0358. The summed E-state index contributed by atoms with van der Waals surface area (Å²) in [7, 11) is 1.05. The van der Waals surface area contributed by atoms with Crippen molar-refractivity contribution in [3.63, 3.8) is 0 Å². The first-order chi connectivity index (χ1) is 17.6. The molecule has 0 saturated carbocycles. The molecule has 7 nitrogen and oxygen atoms in total. The number of carbonyl (C=O) groups excluding carboxylic acids is 1. The van der Waals surface area contributed by atoms with Crippen molar-refractivity contribution in [1.29, 1.82) is 0 Å². The molecule has 0 aliphatic carbocycles. The van der Waals surface area contributed by atoms with Gasteiger partial charge in [-0.15, -0.1) is 0 Å². The highest BCUT2D eigenvalue weighted by Gasteiger charge is 2.41. The Hall–Kier alpha value is -3.13. The number of carbonyl (C=O) groups is 1. The van der Waals surface area contributed by atoms with Gasteiger partial charge in [0.2, 0.25) is 8.32 Å². The van der Waals surface area contributed by atoms with Crippen LogP contribution < -0.4 is 19.3 Å². The highest BCUT2D eigenvalue weighted by molar-refractivity contribution is 6.74. The van der Waals surface area contributed by atoms with Crippen LogP contribution in [0.2, 0.25) is 18.1 Å². The Morgan fingerprint density at radius 2 is 1.21 bits per heavy atom. The van der Waals surface area contributed by atoms with Crippen LogP contribution in [0, 0.1) is 0 Å². The molecule has 2 aromatic carbocycles. The van der Waals surface area contributed by atoms with Crippen molar-refractivity contribution in [3.8, 4) is 11.5 Å². The predicted octanol–water partition coefficient (Wildman–Crippen LogP) is 6.61. The van der Waals surface area contributed by atoms with Crippen molar-refractivity contribution in [2.24, 2.45) is 0 Å². The molecule has 0 spiro atoms. The summed E-state index contributed by atoms with van der Waals surface area (Å²) in [4.78, 5) is 18.1. The molecule has 0 amide bonds. The van der Waals surface area contributed by atoms with E-state index in [1.165, 1.54) is 0 Å². The van der Waals surface area contributed by atoms with Gasteiger partial charge in [-0.05, 0) is 87.4 Å². The monoisotopic (exact) mass is 540 g/mol. The van der Waals surface area contributed by atoms with E-state index in [2.05, 4.69) is 43.7 Å². The van der Waals surface area contributed by atoms with Crippen LogP contribution in [0.5, 0.6) is 11.5 Å². The van der Waals surface area contributed by atoms with Gasteiger partial charge in [0, 0.05) is 11.4 Å². The van der Waals surface area contributed by atoms with Gasteiger partial charge in [-0.2, -0.15) is 0 Å². The second kappa shape index (κ2) is 11.3. The zero-order valence-corrected chi connectivity index (χ0v) is 25.7. The molecule has 0 N–H and O–H groups in total. The lowest BCUT2D eigenvalue weighted by Crippen LogP contribution is -2.42. The smallest absolute Gasteiger partial charge is 0.339 e. The highest BCUT2D eigenvalue weighted by Crippen LogP contribution is 2.39. The van der Waals surface area contributed by atoms with E-state index in [1.54, 1.807) is 14.2 Å². The van der Waals surface area contributed by atoms with E-state index in [9.17, 15) is 4.79 Å². The van der Waals surface area contributed by atoms with Crippen LogP contribution >= 0.6 is 0 Å². The molecule has 0 fully saturated rings. The fourth-order valence-corrected chi connectivity index (χ4v) is 4.97. The van der Waals surface area contributed by atoms with Crippen LogP contribution in [-0.2, 0) is 14.0 Å². The molecule has 208 valence electrons. The molecule has 8 heteroatoms. The van der Waals surface area contributed by atoms with Gasteiger partial charge in [-0.3, -0.25) is 0 Å². The molecule has 2 aromatic rings. The lowest BCUT2D eigenvalue weighted by Gasteiger charge is -2.38. The standard InChI is InChI=1S/C30H44N2O5Si/c1-29(2,3)36-28(33)26-19-31(22-11-15-24(34-7)16-12-22)21-32(23-13-17-25(35-8)18-14-23)20-27(26)37-38(9,10)30(4,5)6/h11-18H,19-21H2,1-10H3. The zero-order valence-electron chi connectivity index (χ0n) is 24.7. The van der Waals surface area contributed by atoms with Crippen LogP contribution in [0.4, 0.5) is 11.4 Å². The summed E-state index contributed by atoms with van der Waals surface area (Å²) in [5.74, 6) is 1.90.